The van der Waals surface area contributed by atoms with Gasteiger partial charge in [-0.05, 0) is 31.5 Å². The fourth-order valence-electron chi connectivity index (χ4n) is 2.98. The molecule has 1 aliphatic heterocycles. The average molecular weight is 301 g/mol. The van der Waals surface area contributed by atoms with Crippen molar-refractivity contribution in [3.63, 3.8) is 0 Å². The molecule has 0 bridgehead atoms. The number of para-hydroxylation sites is 1. The minimum atomic E-state index is -0.612. The molecule has 1 saturated heterocycles. The van der Waals surface area contributed by atoms with E-state index in [1.54, 1.807) is 0 Å². The Balaban J connectivity index is 1.59. The molecule has 2 aromatic rings. The summed E-state index contributed by atoms with van der Waals surface area (Å²) in [4.78, 5) is 17.6. The van der Waals surface area contributed by atoms with Gasteiger partial charge in [0.2, 0.25) is 0 Å². The second kappa shape index (κ2) is 6.50. The molecule has 2 heterocycles. The Kier molecular flexibility index (Phi) is 4.45. The molecule has 0 saturated carbocycles. The van der Waals surface area contributed by atoms with E-state index >= 15 is 0 Å². The van der Waals surface area contributed by atoms with Gasteiger partial charge in [0.25, 0.3) is 0 Å². The van der Waals surface area contributed by atoms with Gasteiger partial charge in [0.15, 0.2) is 0 Å². The zero-order chi connectivity index (χ0) is 15.5. The van der Waals surface area contributed by atoms with E-state index in [0.717, 1.165) is 42.4 Å². The fourth-order valence-corrected chi connectivity index (χ4v) is 2.98. The second-order valence-corrected chi connectivity index (χ2v) is 6.11. The maximum atomic E-state index is 12.2. The summed E-state index contributed by atoms with van der Waals surface area (Å²) in [5.74, 6) is -0.292. The Labute approximate surface area is 130 Å². The predicted octanol–water partition coefficient (Wildman–Crippen LogP) is 1.68. The highest BCUT2D eigenvalue weighted by atomic mass is 16.5. The highest BCUT2D eigenvalue weighted by Gasteiger charge is 2.24. The van der Waals surface area contributed by atoms with E-state index < -0.39 is 6.04 Å². The van der Waals surface area contributed by atoms with Crippen molar-refractivity contribution in [1.82, 2.24) is 9.88 Å². The molecule has 0 unspecified atom stereocenters. The van der Waals surface area contributed by atoms with Crippen LogP contribution in [-0.4, -0.2) is 48.1 Å². The van der Waals surface area contributed by atoms with Gasteiger partial charge in [0.1, 0.15) is 12.1 Å². The summed E-state index contributed by atoms with van der Waals surface area (Å²) in [5.41, 5.74) is 8.17. The largest absolute Gasteiger partial charge is 0.461 e. The Bertz CT molecular complexity index is 644. The number of nitrogens with two attached hydrogens (primary N) is 1. The molecule has 1 fully saturated rings. The molecule has 1 aromatic heterocycles. The highest BCUT2D eigenvalue weighted by molar-refractivity contribution is 5.84. The van der Waals surface area contributed by atoms with Gasteiger partial charge in [-0.3, -0.25) is 4.79 Å². The number of likely N-dealkylation sites (tertiary alicyclic amines) is 1. The van der Waals surface area contributed by atoms with E-state index in [2.05, 4.69) is 16.9 Å². The van der Waals surface area contributed by atoms with Crippen molar-refractivity contribution in [2.24, 2.45) is 5.73 Å². The molecular formula is C17H23N3O2. The Morgan fingerprint density at radius 2 is 2.14 bits per heavy atom. The maximum absolute atomic E-state index is 12.2. The van der Waals surface area contributed by atoms with Crippen LogP contribution in [0.4, 0.5) is 0 Å². The number of aromatic nitrogens is 1. The number of ether oxygens (including phenoxy) is 1. The van der Waals surface area contributed by atoms with Crippen LogP contribution in [0, 0.1) is 0 Å². The van der Waals surface area contributed by atoms with Crippen molar-refractivity contribution in [3.05, 3.63) is 36.0 Å². The van der Waals surface area contributed by atoms with E-state index in [1.165, 1.54) is 0 Å². The number of H-pyrrole nitrogens is 1. The smallest absolute Gasteiger partial charge is 0.323 e. The third-order valence-corrected chi connectivity index (χ3v) is 4.37. The van der Waals surface area contributed by atoms with Crippen molar-refractivity contribution in [1.29, 1.82) is 0 Å². The van der Waals surface area contributed by atoms with Gasteiger partial charge < -0.3 is 20.4 Å². The zero-order valence-electron chi connectivity index (χ0n) is 12.9. The number of hydrogen-bond acceptors (Lipinski definition) is 4. The summed E-state index contributed by atoms with van der Waals surface area (Å²) >= 11 is 0. The van der Waals surface area contributed by atoms with Gasteiger partial charge in [0.05, 0.1) is 0 Å². The summed E-state index contributed by atoms with van der Waals surface area (Å²) < 4.78 is 5.56. The molecule has 5 heteroatoms. The van der Waals surface area contributed by atoms with Crippen molar-refractivity contribution in [2.75, 3.05) is 20.1 Å². The van der Waals surface area contributed by atoms with E-state index in [-0.39, 0.29) is 12.1 Å². The molecule has 1 aliphatic rings. The summed E-state index contributed by atoms with van der Waals surface area (Å²) in [6.07, 6.45) is 4.21. The van der Waals surface area contributed by atoms with Crippen molar-refractivity contribution in [2.45, 2.75) is 31.4 Å². The molecule has 0 aliphatic carbocycles. The van der Waals surface area contributed by atoms with Crippen molar-refractivity contribution < 1.29 is 9.53 Å². The summed E-state index contributed by atoms with van der Waals surface area (Å²) in [5, 5.41) is 1.12. The first-order valence-electron chi connectivity index (χ1n) is 7.83. The first kappa shape index (κ1) is 15.1. The number of hydrogen-bond donors (Lipinski definition) is 2. The zero-order valence-corrected chi connectivity index (χ0v) is 12.9. The van der Waals surface area contributed by atoms with Gasteiger partial charge in [-0.1, -0.05) is 18.2 Å². The van der Waals surface area contributed by atoms with Crippen LogP contribution < -0.4 is 5.73 Å². The topological polar surface area (TPSA) is 71.3 Å². The lowest BCUT2D eigenvalue weighted by Crippen LogP contribution is -2.40. The molecular weight excluding hydrogens is 278 g/mol. The first-order valence-corrected chi connectivity index (χ1v) is 7.83. The molecule has 0 amide bonds. The van der Waals surface area contributed by atoms with Crippen molar-refractivity contribution >= 4 is 16.9 Å². The molecule has 0 radical (unpaired) electrons. The molecule has 5 nitrogen and oxygen atoms in total. The predicted molar refractivity (Wildman–Crippen MR) is 86.6 cm³/mol. The number of carbonyl (C=O) groups is 1. The Morgan fingerprint density at radius 3 is 2.91 bits per heavy atom. The van der Waals surface area contributed by atoms with Gasteiger partial charge in [0, 0.05) is 36.6 Å². The molecule has 3 rings (SSSR count). The van der Waals surface area contributed by atoms with Gasteiger partial charge in [-0.25, -0.2) is 0 Å². The summed E-state index contributed by atoms with van der Waals surface area (Å²) in [6, 6.07) is 7.41. The number of piperidine rings is 1. The summed E-state index contributed by atoms with van der Waals surface area (Å²) in [7, 11) is 2.08. The number of benzene rings is 1. The van der Waals surface area contributed by atoms with Gasteiger partial charge in [-0.15, -0.1) is 0 Å². The third-order valence-electron chi connectivity index (χ3n) is 4.37. The molecule has 0 spiro atoms. The number of nitrogens with one attached hydrogen (secondary N) is 1. The number of rotatable bonds is 4. The van der Waals surface area contributed by atoms with E-state index in [1.807, 2.05) is 30.5 Å². The van der Waals surface area contributed by atoms with E-state index in [4.69, 9.17) is 10.5 Å². The Hall–Kier alpha value is -1.85. The van der Waals surface area contributed by atoms with Crippen LogP contribution >= 0.6 is 0 Å². The minimum Gasteiger partial charge on any atom is -0.461 e. The number of esters is 1. The summed E-state index contributed by atoms with van der Waals surface area (Å²) in [6.45, 7) is 1.94. The third kappa shape index (κ3) is 3.31. The van der Waals surface area contributed by atoms with Crippen LogP contribution in [0.1, 0.15) is 18.4 Å². The molecule has 118 valence electrons. The van der Waals surface area contributed by atoms with Crippen LogP contribution in [-0.2, 0) is 16.0 Å². The molecule has 22 heavy (non-hydrogen) atoms. The second-order valence-electron chi connectivity index (χ2n) is 6.11. The monoisotopic (exact) mass is 301 g/mol. The van der Waals surface area contributed by atoms with Gasteiger partial charge in [-0.2, -0.15) is 0 Å². The minimum absolute atomic E-state index is 0.0118. The van der Waals surface area contributed by atoms with Crippen molar-refractivity contribution in [3.8, 4) is 0 Å². The van der Waals surface area contributed by atoms with Crippen LogP contribution in [0.15, 0.2) is 30.5 Å². The quantitative estimate of drug-likeness (QED) is 0.843. The fraction of sp³-hybridized carbons (Fsp3) is 0.471. The van der Waals surface area contributed by atoms with E-state index in [9.17, 15) is 4.79 Å². The Morgan fingerprint density at radius 1 is 1.41 bits per heavy atom. The van der Waals surface area contributed by atoms with Crippen LogP contribution in [0.25, 0.3) is 10.9 Å². The molecule has 3 N–H and O–H groups in total. The average Bonchev–Trinajstić information content (AvgIpc) is 2.93. The van der Waals surface area contributed by atoms with E-state index in [0.29, 0.717) is 6.42 Å². The number of carbonyl (C=O) groups excluding carboxylic acids is 1. The molecule has 1 atom stereocenters. The normalized spacial score (nSPS) is 18.5. The number of aromatic amines is 1. The number of nitrogens with zero attached hydrogens (tertiary/aromatic N) is 1. The SMILES string of the molecule is CN1CCC(OC(=O)[C@@H](N)Cc2c[nH]c3ccccc23)CC1. The highest BCUT2D eigenvalue weighted by Crippen LogP contribution is 2.19. The first-order chi connectivity index (χ1) is 10.6. The van der Waals surface area contributed by atoms with Crippen LogP contribution in [0.3, 0.4) is 0 Å². The van der Waals surface area contributed by atoms with Crippen LogP contribution in [0.2, 0.25) is 0 Å². The standard InChI is InChI=1S/C17H23N3O2/c1-20-8-6-13(7-9-20)22-17(21)15(18)10-12-11-19-16-5-3-2-4-14(12)16/h2-5,11,13,15,19H,6-10,18H2,1H3/t15-/m0/s1. The maximum Gasteiger partial charge on any atom is 0.323 e. The number of fused-ring (bicyclic) bond motifs is 1. The van der Waals surface area contributed by atoms with Crippen LogP contribution in [0.5, 0.6) is 0 Å². The lowest BCUT2D eigenvalue weighted by Gasteiger charge is -2.29. The van der Waals surface area contributed by atoms with Gasteiger partial charge >= 0.3 is 5.97 Å². The molecule has 1 aromatic carbocycles. The lowest BCUT2D eigenvalue weighted by molar-refractivity contribution is -0.152. The lowest BCUT2D eigenvalue weighted by atomic mass is 10.1.